The van der Waals surface area contributed by atoms with E-state index in [2.05, 4.69) is 54.5 Å². The third-order valence-corrected chi connectivity index (χ3v) is 13.5. The van der Waals surface area contributed by atoms with Gasteiger partial charge in [-0.2, -0.15) is 0 Å². The predicted molar refractivity (Wildman–Crippen MR) is 150 cm³/mol. The minimum atomic E-state index is -0.287. The largest absolute Gasteiger partial charge is 0.462 e. The first-order valence-corrected chi connectivity index (χ1v) is 15.4. The summed E-state index contributed by atoms with van der Waals surface area (Å²) in [7, 11) is 0. The Morgan fingerprint density at radius 2 is 1.58 bits per heavy atom. The zero-order valence-corrected chi connectivity index (χ0v) is 25.6. The van der Waals surface area contributed by atoms with E-state index in [1.54, 1.807) is 0 Å². The van der Waals surface area contributed by atoms with E-state index in [0.717, 1.165) is 57.8 Å². The minimum Gasteiger partial charge on any atom is -0.462 e. The van der Waals surface area contributed by atoms with Crippen molar-refractivity contribution in [3.05, 3.63) is 11.6 Å². The summed E-state index contributed by atoms with van der Waals surface area (Å²) in [6.07, 6.45) is 11.4. The second kappa shape index (κ2) is 8.53. The molecule has 4 heteroatoms. The van der Waals surface area contributed by atoms with E-state index in [9.17, 15) is 14.4 Å². The number of allylic oxidation sites excluding steroid dienone is 2. The molecule has 0 heterocycles. The van der Waals surface area contributed by atoms with Gasteiger partial charge in [-0.25, -0.2) is 0 Å². The normalized spacial score (nSPS) is 47.0. The fourth-order valence-electron chi connectivity index (χ4n) is 11.3. The van der Waals surface area contributed by atoms with E-state index in [1.807, 2.05) is 6.92 Å². The SMILES string of the molecule is CCC(=O)[C@]12CCC(C)(C)C[C@H]1C1=CC(=O)[C@@H]3[C@@]4(C)CC[C@H](OC(C)=O)C(C)(C)[C@@H]4CC[C@@]3(C)[C@]1(C)CC2. The van der Waals surface area contributed by atoms with Crippen molar-refractivity contribution in [3.8, 4) is 0 Å². The standard InChI is InChI=1S/C34H52O4/c1-10-26(37)34-17-15-29(3,4)20-23(34)22-19-24(36)28-31(7)13-12-27(38-21(2)35)30(5,6)25(31)11-14-33(28,9)32(22,8)16-18-34/h19,23,25,27-28H,10-18,20H2,1-9H3/t23-,25-,27-,28+,31-,32+,33+,34-/m0/s1. The number of hydrogen-bond acceptors (Lipinski definition) is 4. The van der Waals surface area contributed by atoms with Gasteiger partial charge in [0, 0.05) is 30.1 Å². The van der Waals surface area contributed by atoms with E-state index >= 15 is 0 Å². The summed E-state index contributed by atoms with van der Waals surface area (Å²) < 4.78 is 5.85. The van der Waals surface area contributed by atoms with E-state index in [4.69, 9.17) is 4.74 Å². The highest BCUT2D eigenvalue weighted by molar-refractivity contribution is 5.96. The van der Waals surface area contributed by atoms with Crippen LogP contribution >= 0.6 is 0 Å². The van der Waals surface area contributed by atoms with E-state index in [1.165, 1.54) is 12.5 Å². The van der Waals surface area contributed by atoms with Crippen LogP contribution in [0.25, 0.3) is 0 Å². The molecule has 4 nitrogen and oxygen atoms in total. The summed E-state index contributed by atoms with van der Waals surface area (Å²) >= 11 is 0. The molecule has 0 aromatic carbocycles. The number of rotatable bonds is 3. The molecule has 0 aromatic heterocycles. The van der Waals surface area contributed by atoms with Crippen molar-refractivity contribution in [1.29, 1.82) is 0 Å². The molecule has 0 amide bonds. The number of fused-ring (bicyclic) bond motifs is 7. The minimum absolute atomic E-state index is 0.0361. The Hall–Kier alpha value is -1.45. The topological polar surface area (TPSA) is 60.4 Å². The Morgan fingerprint density at radius 3 is 2.21 bits per heavy atom. The van der Waals surface area contributed by atoms with E-state index in [-0.39, 0.29) is 56.4 Å². The molecule has 0 N–H and O–H groups in total. The van der Waals surface area contributed by atoms with Crippen LogP contribution in [0, 0.1) is 50.2 Å². The van der Waals surface area contributed by atoms with Crippen LogP contribution in [-0.2, 0) is 19.1 Å². The number of ketones is 2. The predicted octanol–water partition coefficient (Wildman–Crippen LogP) is 7.88. The van der Waals surface area contributed by atoms with Crippen LogP contribution in [0.1, 0.15) is 127 Å². The van der Waals surface area contributed by atoms with Crippen LogP contribution in [0.3, 0.4) is 0 Å². The Labute approximate surface area is 231 Å². The van der Waals surface area contributed by atoms with Gasteiger partial charge in [0.25, 0.3) is 0 Å². The lowest BCUT2D eigenvalue weighted by atomic mass is 9.33. The summed E-state index contributed by atoms with van der Waals surface area (Å²) in [6, 6.07) is 0. The third-order valence-electron chi connectivity index (χ3n) is 13.5. The summed E-state index contributed by atoms with van der Waals surface area (Å²) in [4.78, 5) is 40.0. The molecule has 4 saturated carbocycles. The molecule has 4 fully saturated rings. The molecule has 8 atom stereocenters. The van der Waals surface area contributed by atoms with Gasteiger partial charge < -0.3 is 4.74 Å². The molecule has 0 unspecified atom stereocenters. The van der Waals surface area contributed by atoms with Crippen LogP contribution in [-0.4, -0.2) is 23.6 Å². The highest BCUT2D eigenvalue weighted by atomic mass is 16.5. The maximum Gasteiger partial charge on any atom is 0.302 e. The Balaban J connectivity index is 1.60. The van der Waals surface area contributed by atoms with Crippen molar-refractivity contribution in [3.63, 3.8) is 0 Å². The van der Waals surface area contributed by atoms with Gasteiger partial charge in [0.1, 0.15) is 11.9 Å². The van der Waals surface area contributed by atoms with Crippen LogP contribution in [0.2, 0.25) is 0 Å². The smallest absolute Gasteiger partial charge is 0.302 e. The second-order valence-electron chi connectivity index (χ2n) is 16.1. The molecular weight excluding hydrogens is 472 g/mol. The lowest BCUT2D eigenvalue weighted by molar-refractivity contribution is -0.210. The quantitative estimate of drug-likeness (QED) is 0.352. The zero-order chi connectivity index (χ0) is 28.1. The number of Topliss-reactive ketones (excluding diaryl/α,β-unsaturated/α-hetero) is 1. The first kappa shape index (κ1) is 28.1. The number of carbonyl (C=O) groups excluding carboxylic acids is 3. The number of ether oxygens (including phenoxy) is 1. The van der Waals surface area contributed by atoms with Gasteiger partial charge in [-0.05, 0) is 97.4 Å². The maximum atomic E-state index is 14.5. The van der Waals surface area contributed by atoms with Gasteiger partial charge in [0.05, 0.1) is 0 Å². The van der Waals surface area contributed by atoms with Crippen LogP contribution in [0.15, 0.2) is 11.6 Å². The molecule has 0 aliphatic heterocycles. The van der Waals surface area contributed by atoms with Gasteiger partial charge in [0.15, 0.2) is 5.78 Å². The third kappa shape index (κ3) is 3.56. The van der Waals surface area contributed by atoms with E-state index in [0.29, 0.717) is 23.9 Å². The average molecular weight is 525 g/mol. The first-order valence-electron chi connectivity index (χ1n) is 15.4. The molecule has 0 bridgehead atoms. The molecule has 38 heavy (non-hydrogen) atoms. The van der Waals surface area contributed by atoms with Gasteiger partial charge in [-0.1, -0.05) is 61.0 Å². The Kier molecular flexibility index (Phi) is 6.30. The molecule has 212 valence electrons. The van der Waals surface area contributed by atoms with Gasteiger partial charge in [0.2, 0.25) is 0 Å². The molecule has 0 saturated heterocycles. The second-order valence-corrected chi connectivity index (χ2v) is 16.1. The summed E-state index contributed by atoms with van der Waals surface area (Å²) in [6.45, 7) is 20.0. The molecule has 5 aliphatic rings. The van der Waals surface area contributed by atoms with Crippen molar-refractivity contribution in [2.24, 2.45) is 50.2 Å². The van der Waals surface area contributed by atoms with Gasteiger partial charge >= 0.3 is 5.97 Å². The monoisotopic (exact) mass is 524 g/mol. The van der Waals surface area contributed by atoms with Crippen molar-refractivity contribution in [1.82, 2.24) is 0 Å². The summed E-state index contributed by atoms with van der Waals surface area (Å²) in [5.74, 6) is 0.987. The van der Waals surface area contributed by atoms with Crippen molar-refractivity contribution in [2.45, 2.75) is 133 Å². The number of hydrogen-bond donors (Lipinski definition) is 0. The van der Waals surface area contributed by atoms with Crippen LogP contribution in [0.4, 0.5) is 0 Å². The highest BCUT2D eigenvalue weighted by Crippen LogP contribution is 2.75. The van der Waals surface area contributed by atoms with E-state index < -0.39 is 0 Å². The summed E-state index contributed by atoms with van der Waals surface area (Å²) in [5.41, 5.74) is 0.702. The van der Waals surface area contributed by atoms with Crippen LogP contribution in [0.5, 0.6) is 0 Å². The number of esters is 1. The Morgan fingerprint density at radius 1 is 0.921 bits per heavy atom. The lowest BCUT2D eigenvalue weighted by Crippen LogP contribution is -2.67. The molecule has 5 rings (SSSR count). The van der Waals surface area contributed by atoms with Crippen molar-refractivity contribution in [2.75, 3.05) is 0 Å². The fraction of sp³-hybridized carbons (Fsp3) is 0.853. The van der Waals surface area contributed by atoms with Gasteiger partial charge in [-0.3, -0.25) is 14.4 Å². The van der Waals surface area contributed by atoms with Crippen molar-refractivity contribution < 1.29 is 19.1 Å². The van der Waals surface area contributed by atoms with Crippen LogP contribution < -0.4 is 0 Å². The molecule has 0 spiro atoms. The highest BCUT2D eigenvalue weighted by Gasteiger charge is 2.71. The fourth-order valence-corrected chi connectivity index (χ4v) is 11.3. The zero-order valence-electron chi connectivity index (χ0n) is 25.6. The van der Waals surface area contributed by atoms with Gasteiger partial charge in [-0.15, -0.1) is 0 Å². The first-order chi connectivity index (χ1) is 17.5. The maximum absolute atomic E-state index is 14.5. The Bertz CT molecular complexity index is 1080. The molecular formula is C34H52O4. The molecule has 5 aliphatic carbocycles. The molecule has 0 radical (unpaired) electrons. The molecule has 0 aromatic rings. The number of carbonyl (C=O) groups is 3. The lowest BCUT2D eigenvalue weighted by Gasteiger charge is -2.70. The summed E-state index contributed by atoms with van der Waals surface area (Å²) in [5, 5.41) is 0. The average Bonchev–Trinajstić information content (AvgIpc) is 2.81. The van der Waals surface area contributed by atoms with Crippen molar-refractivity contribution >= 4 is 17.5 Å².